The third-order valence-corrected chi connectivity index (χ3v) is 3.10. The van der Waals surface area contributed by atoms with E-state index in [4.69, 9.17) is 23.2 Å². The van der Waals surface area contributed by atoms with Crippen LogP contribution in [0.25, 0.3) is 11.5 Å². The summed E-state index contributed by atoms with van der Waals surface area (Å²) in [5.41, 5.74) is 2.38. The van der Waals surface area contributed by atoms with Crippen LogP contribution >= 0.6 is 23.2 Å². The number of rotatable bonds is 2. The normalized spacial score (nSPS) is 10.6. The standard InChI is InChI=1S/C12H11Cl2N3/c1-3-8-7(2)16-12(17-11(8)14)10-9(13)5-4-6-15-10/h4-6H,3H2,1-2H3. The van der Waals surface area contributed by atoms with E-state index >= 15 is 0 Å². The Balaban J connectivity index is 2.59. The number of aryl methyl sites for hydroxylation is 1. The van der Waals surface area contributed by atoms with Crippen molar-refractivity contribution in [3.8, 4) is 11.5 Å². The van der Waals surface area contributed by atoms with Crippen LogP contribution in [0.4, 0.5) is 0 Å². The molecule has 0 aliphatic carbocycles. The molecule has 0 saturated heterocycles. The molecule has 2 aromatic heterocycles. The summed E-state index contributed by atoms with van der Waals surface area (Å²) in [7, 11) is 0. The van der Waals surface area contributed by atoms with E-state index in [2.05, 4.69) is 15.0 Å². The second-order valence-corrected chi connectivity index (χ2v) is 4.35. The third kappa shape index (κ3) is 2.40. The molecule has 5 heteroatoms. The minimum atomic E-state index is 0.468. The Morgan fingerprint density at radius 2 is 2.00 bits per heavy atom. The van der Waals surface area contributed by atoms with E-state index in [1.807, 2.05) is 13.8 Å². The summed E-state index contributed by atoms with van der Waals surface area (Å²) in [4.78, 5) is 12.8. The first-order chi connectivity index (χ1) is 8.13. The predicted molar refractivity (Wildman–Crippen MR) is 69.4 cm³/mol. The number of hydrogen-bond acceptors (Lipinski definition) is 3. The average molecular weight is 268 g/mol. The maximum Gasteiger partial charge on any atom is 0.181 e. The second-order valence-electron chi connectivity index (χ2n) is 3.59. The molecule has 0 aromatic carbocycles. The van der Waals surface area contributed by atoms with Crippen molar-refractivity contribution in [3.63, 3.8) is 0 Å². The molecular weight excluding hydrogens is 257 g/mol. The van der Waals surface area contributed by atoms with Crippen LogP contribution in [0.2, 0.25) is 10.2 Å². The van der Waals surface area contributed by atoms with Gasteiger partial charge in [0.25, 0.3) is 0 Å². The van der Waals surface area contributed by atoms with Gasteiger partial charge in [0.2, 0.25) is 0 Å². The lowest BCUT2D eigenvalue weighted by Gasteiger charge is -2.07. The summed E-state index contributed by atoms with van der Waals surface area (Å²) in [5.74, 6) is 0.468. The van der Waals surface area contributed by atoms with E-state index in [9.17, 15) is 0 Å². The molecule has 0 saturated carbocycles. The number of aromatic nitrogens is 3. The Hall–Kier alpha value is -1.19. The summed E-state index contributed by atoms with van der Waals surface area (Å²) in [6.07, 6.45) is 2.46. The largest absolute Gasteiger partial charge is 0.251 e. The van der Waals surface area contributed by atoms with Gasteiger partial charge >= 0.3 is 0 Å². The summed E-state index contributed by atoms with van der Waals surface area (Å²) >= 11 is 12.2. The fourth-order valence-corrected chi connectivity index (χ4v) is 2.18. The van der Waals surface area contributed by atoms with Gasteiger partial charge in [0.05, 0.1) is 5.02 Å². The smallest absolute Gasteiger partial charge is 0.181 e. The highest BCUT2D eigenvalue weighted by molar-refractivity contribution is 6.33. The van der Waals surface area contributed by atoms with Crippen LogP contribution in [-0.2, 0) is 6.42 Å². The summed E-state index contributed by atoms with van der Waals surface area (Å²) in [6.45, 7) is 3.93. The van der Waals surface area contributed by atoms with Gasteiger partial charge in [-0.05, 0) is 25.5 Å². The lowest BCUT2D eigenvalue weighted by atomic mass is 10.2. The van der Waals surface area contributed by atoms with Crippen LogP contribution in [0, 0.1) is 6.92 Å². The van der Waals surface area contributed by atoms with Crippen molar-refractivity contribution < 1.29 is 0 Å². The highest BCUT2D eigenvalue weighted by Gasteiger charge is 2.12. The lowest BCUT2D eigenvalue weighted by Crippen LogP contribution is -2.00. The van der Waals surface area contributed by atoms with Crippen LogP contribution in [0.5, 0.6) is 0 Å². The Bertz CT molecular complexity index is 532. The Labute approximate surface area is 110 Å². The van der Waals surface area contributed by atoms with E-state index in [1.165, 1.54) is 0 Å². The zero-order valence-corrected chi connectivity index (χ0v) is 11.0. The van der Waals surface area contributed by atoms with Crippen LogP contribution in [0.1, 0.15) is 18.2 Å². The maximum atomic E-state index is 6.12. The first kappa shape index (κ1) is 12.3. The Morgan fingerprint density at radius 1 is 1.24 bits per heavy atom. The Morgan fingerprint density at radius 3 is 2.59 bits per heavy atom. The highest BCUT2D eigenvalue weighted by atomic mass is 35.5. The molecule has 2 aromatic rings. The molecule has 0 amide bonds. The van der Waals surface area contributed by atoms with E-state index < -0.39 is 0 Å². The van der Waals surface area contributed by atoms with Crippen molar-refractivity contribution in [3.05, 3.63) is 39.8 Å². The van der Waals surface area contributed by atoms with Crippen molar-refractivity contribution >= 4 is 23.2 Å². The van der Waals surface area contributed by atoms with Gasteiger partial charge in [0.15, 0.2) is 5.82 Å². The lowest BCUT2D eigenvalue weighted by molar-refractivity contribution is 0.995. The summed E-state index contributed by atoms with van der Waals surface area (Å²) < 4.78 is 0. The summed E-state index contributed by atoms with van der Waals surface area (Å²) in [5, 5.41) is 0.990. The van der Waals surface area contributed by atoms with E-state index in [0.29, 0.717) is 21.7 Å². The number of hydrogen-bond donors (Lipinski definition) is 0. The van der Waals surface area contributed by atoms with E-state index in [1.54, 1.807) is 18.3 Å². The molecule has 0 aliphatic rings. The van der Waals surface area contributed by atoms with Gasteiger partial charge < -0.3 is 0 Å². The first-order valence-corrected chi connectivity index (χ1v) is 6.03. The molecule has 0 bridgehead atoms. The van der Waals surface area contributed by atoms with Gasteiger partial charge in [0.1, 0.15) is 10.8 Å². The predicted octanol–water partition coefficient (Wildman–Crippen LogP) is 3.72. The number of nitrogens with zero attached hydrogens (tertiary/aromatic N) is 3. The zero-order valence-electron chi connectivity index (χ0n) is 9.54. The molecule has 0 radical (unpaired) electrons. The fraction of sp³-hybridized carbons (Fsp3) is 0.250. The van der Waals surface area contributed by atoms with E-state index in [0.717, 1.165) is 17.7 Å². The molecule has 0 atom stereocenters. The highest BCUT2D eigenvalue weighted by Crippen LogP contribution is 2.25. The molecule has 0 N–H and O–H groups in total. The molecule has 0 fully saturated rings. The molecule has 0 spiro atoms. The number of halogens is 2. The monoisotopic (exact) mass is 267 g/mol. The molecular formula is C12H11Cl2N3. The van der Waals surface area contributed by atoms with Gasteiger partial charge in [-0.25, -0.2) is 9.97 Å². The molecule has 17 heavy (non-hydrogen) atoms. The van der Waals surface area contributed by atoms with Gasteiger partial charge in [-0.2, -0.15) is 0 Å². The number of pyridine rings is 1. The van der Waals surface area contributed by atoms with Gasteiger partial charge in [-0.1, -0.05) is 30.1 Å². The summed E-state index contributed by atoms with van der Waals surface area (Å²) in [6, 6.07) is 3.52. The first-order valence-electron chi connectivity index (χ1n) is 5.27. The van der Waals surface area contributed by atoms with Crippen molar-refractivity contribution in [2.75, 3.05) is 0 Å². The minimum absolute atomic E-state index is 0.468. The SMILES string of the molecule is CCc1c(C)nc(-c2ncccc2Cl)nc1Cl. The van der Waals surface area contributed by atoms with Gasteiger partial charge in [0, 0.05) is 17.5 Å². The molecule has 0 aliphatic heterocycles. The quantitative estimate of drug-likeness (QED) is 0.779. The van der Waals surface area contributed by atoms with Crippen LogP contribution in [-0.4, -0.2) is 15.0 Å². The van der Waals surface area contributed by atoms with Gasteiger partial charge in [-0.15, -0.1) is 0 Å². The van der Waals surface area contributed by atoms with Crippen LogP contribution in [0.3, 0.4) is 0 Å². The van der Waals surface area contributed by atoms with Crippen molar-refractivity contribution in [1.82, 2.24) is 15.0 Å². The average Bonchev–Trinajstić information content (AvgIpc) is 2.29. The third-order valence-electron chi connectivity index (χ3n) is 2.49. The van der Waals surface area contributed by atoms with Crippen LogP contribution in [0.15, 0.2) is 18.3 Å². The fourth-order valence-electron chi connectivity index (χ4n) is 1.62. The Kier molecular flexibility index (Phi) is 3.60. The zero-order chi connectivity index (χ0) is 12.4. The topological polar surface area (TPSA) is 38.7 Å². The molecule has 3 nitrogen and oxygen atoms in total. The van der Waals surface area contributed by atoms with Crippen molar-refractivity contribution in [1.29, 1.82) is 0 Å². The molecule has 2 heterocycles. The molecule has 2 rings (SSSR count). The molecule has 88 valence electrons. The van der Waals surface area contributed by atoms with Gasteiger partial charge in [-0.3, -0.25) is 4.98 Å². The second kappa shape index (κ2) is 4.98. The minimum Gasteiger partial charge on any atom is -0.251 e. The van der Waals surface area contributed by atoms with Crippen molar-refractivity contribution in [2.45, 2.75) is 20.3 Å². The maximum absolute atomic E-state index is 6.12. The van der Waals surface area contributed by atoms with Crippen LogP contribution < -0.4 is 0 Å². The molecule has 0 unspecified atom stereocenters. The van der Waals surface area contributed by atoms with Crippen molar-refractivity contribution in [2.24, 2.45) is 0 Å². The van der Waals surface area contributed by atoms with E-state index in [-0.39, 0.29) is 0 Å².